The average molecular weight is 329 g/mol. The minimum Gasteiger partial charge on any atom is -0.342 e. The van der Waals surface area contributed by atoms with Crippen LogP contribution in [0.25, 0.3) is 0 Å². The zero-order valence-electron chi connectivity index (χ0n) is 13.4. The Hall–Kier alpha value is -2.77. The third kappa shape index (κ3) is 3.27. The molecule has 1 aliphatic rings. The molecule has 1 N–H and O–H groups in total. The van der Waals surface area contributed by atoms with E-state index in [1.165, 1.54) is 19.6 Å². The summed E-state index contributed by atoms with van der Waals surface area (Å²) in [5, 5.41) is 0. The number of piperidine rings is 1. The number of nitrogens with zero attached hydrogens (tertiary/aromatic N) is 4. The van der Waals surface area contributed by atoms with Gasteiger partial charge < -0.3 is 9.88 Å². The molecule has 2 aromatic rings. The van der Waals surface area contributed by atoms with E-state index in [0.29, 0.717) is 18.7 Å². The van der Waals surface area contributed by atoms with Crippen LogP contribution in [0.15, 0.2) is 34.4 Å². The lowest BCUT2D eigenvalue weighted by Crippen LogP contribution is -2.42. The topological polar surface area (TPSA) is 101 Å². The van der Waals surface area contributed by atoms with Crippen molar-refractivity contribution < 1.29 is 4.79 Å². The van der Waals surface area contributed by atoms with E-state index >= 15 is 0 Å². The van der Waals surface area contributed by atoms with Crippen molar-refractivity contribution in [3.05, 3.63) is 56.9 Å². The Morgan fingerprint density at radius 2 is 2.25 bits per heavy atom. The molecule has 1 aliphatic heterocycles. The van der Waals surface area contributed by atoms with Crippen molar-refractivity contribution in [2.75, 3.05) is 13.1 Å². The number of hydrogen-bond acceptors (Lipinski definition) is 5. The first-order valence-electron chi connectivity index (χ1n) is 7.87. The smallest absolute Gasteiger partial charge is 0.328 e. The predicted octanol–water partition coefficient (Wildman–Crippen LogP) is -0.188. The molecular formula is C16H19N5O3. The Balaban J connectivity index is 1.72. The quantitative estimate of drug-likeness (QED) is 0.841. The lowest BCUT2D eigenvalue weighted by molar-refractivity contribution is -0.131. The van der Waals surface area contributed by atoms with Crippen molar-refractivity contribution in [2.45, 2.75) is 25.2 Å². The van der Waals surface area contributed by atoms with E-state index in [-0.39, 0.29) is 18.2 Å². The highest BCUT2D eigenvalue weighted by Gasteiger charge is 2.26. The number of hydrogen-bond donors (Lipinski definition) is 1. The van der Waals surface area contributed by atoms with E-state index in [1.54, 1.807) is 11.1 Å². The number of aromatic amines is 1. The summed E-state index contributed by atoms with van der Waals surface area (Å²) in [5.41, 5.74) is 0.308. The van der Waals surface area contributed by atoms with Crippen molar-refractivity contribution in [1.82, 2.24) is 24.4 Å². The molecule has 8 heteroatoms. The van der Waals surface area contributed by atoms with Crippen molar-refractivity contribution >= 4 is 5.91 Å². The number of rotatable bonds is 3. The van der Waals surface area contributed by atoms with Gasteiger partial charge in [-0.1, -0.05) is 0 Å². The summed E-state index contributed by atoms with van der Waals surface area (Å²) in [6.07, 6.45) is 6.40. The van der Waals surface area contributed by atoms with E-state index in [1.807, 2.05) is 6.07 Å². The first-order chi connectivity index (χ1) is 11.6. The van der Waals surface area contributed by atoms with Gasteiger partial charge >= 0.3 is 5.69 Å². The van der Waals surface area contributed by atoms with E-state index in [9.17, 15) is 14.4 Å². The lowest BCUT2D eigenvalue weighted by Gasteiger charge is -2.32. The van der Waals surface area contributed by atoms with Gasteiger partial charge in [0.15, 0.2) is 0 Å². The monoisotopic (exact) mass is 329 g/mol. The maximum atomic E-state index is 12.5. The van der Waals surface area contributed by atoms with Gasteiger partial charge in [-0.2, -0.15) is 0 Å². The Kier molecular flexibility index (Phi) is 4.54. The van der Waals surface area contributed by atoms with Crippen LogP contribution < -0.4 is 11.2 Å². The first kappa shape index (κ1) is 16.1. The molecular weight excluding hydrogens is 310 g/mol. The minimum absolute atomic E-state index is 0.0139. The van der Waals surface area contributed by atoms with Crippen molar-refractivity contribution in [3.8, 4) is 0 Å². The summed E-state index contributed by atoms with van der Waals surface area (Å²) in [5.74, 6) is 0.0713. The highest BCUT2D eigenvalue weighted by molar-refractivity contribution is 5.78. The Labute approximate surface area is 138 Å². The number of H-pyrrole nitrogens is 1. The Bertz CT molecular complexity index is 843. The van der Waals surface area contributed by atoms with Crippen molar-refractivity contribution in [2.24, 2.45) is 7.05 Å². The summed E-state index contributed by atoms with van der Waals surface area (Å²) in [6, 6.07) is 1.87. The van der Waals surface area contributed by atoms with Gasteiger partial charge in [-0.3, -0.25) is 14.2 Å². The van der Waals surface area contributed by atoms with E-state index < -0.39 is 11.2 Å². The van der Waals surface area contributed by atoms with E-state index in [2.05, 4.69) is 15.0 Å². The molecule has 126 valence electrons. The normalized spacial score (nSPS) is 17.7. The molecule has 1 amide bonds. The van der Waals surface area contributed by atoms with Crippen molar-refractivity contribution in [1.29, 1.82) is 0 Å². The minimum atomic E-state index is -0.488. The highest BCUT2D eigenvalue weighted by Crippen LogP contribution is 2.25. The molecule has 1 saturated heterocycles. The van der Waals surface area contributed by atoms with Crippen LogP contribution >= 0.6 is 0 Å². The number of nitrogens with one attached hydrogen (secondary N) is 1. The molecule has 0 aromatic carbocycles. The van der Waals surface area contributed by atoms with Crippen LogP contribution in [0.5, 0.6) is 0 Å². The molecule has 2 aromatic heterocycles. The van der Waals surface area contributed by atoms with E-state index in [0.717, 1.165) is 23.1 Å². The first-order valence-corrected chi connectivity index (χ1v) is 7.87. The SMILES string of the molecule is Cn1c(=O)[nH]cc(CC(=O)N2CCCC(c3ccncn3)C2)c1=O. The Morgan fingerprint density at radius 3 is 3.00 bits per heavy atom. The van der Waals surface area contributed by atoms with Crippen LogP contribution in [0.2, 0.25) is 0 Å². The number of carbonyl (C=O) groups is 1. The molecule has 1 unspecified atom stereocenters. The van der Waals surface area contributed by atoms with Crippen molar-refractivity contribution in [3.63, 3.8) is 0 Å². The van der Waals surface area contributed by atoms with Gasteiger partial charge in [0.2, 0.25) is 5.91 Å². The molecule has 1 atom stereocenters. The second-order valence-electron chi connectivity index (χ2n) is 5.97. The second kappa shape index (κ2) is 6.77. The zero-order chi connectivity index (χ0) is 17.1. The largest absolute Gasteiger partial charge is 0.342 e. The van der Waals surface area contributed by atoms with Gasteiger partial charge in [0, 0.05) is 49.7 Å². The summed E-state index contributed by atoms with van der Waals surface area (Å²) in [7, 11) is 1.39. The fraction of sp³-hybridized carbons (Fsp3) is 0.438. The number of carbonyl (C=O) groups excluding carboxylic acids is 1. The molecule has 1 fully saturated rings. The zero-order valence-corrected chi connectivity index (χ0v) is 13.4. The molecule has 3 rings (SSSR count). The molecule has 0 aliphatic carbocycles. The molecule has 3 heterocycles. The standard InChI is InChI=1S/C16H19N5O3/c1-20-15(23)12(8-18-16(20)24)7-14(22)21-6-2-3-11(9-21)13-4-5-17-10-19-13/h4-5,8,10-11H,2-3,6-7,9H2,1H3,(H,18,24). The van der Waals surface area contributed by atoms with Crippen LogP contribution in [0.3, 0.4) is 0 Å². The molecule has 0 saturated carbocycles. The summed E-state index contributed by atoms with van der Waals surface area (Å²) >= 11 is 0. The van der Waals surface area contributed by atoms with Crippen LogP contribution in [0.4, 0.5) is 0 Å². The molecule has 8 nitrogen and oxygen atoms in total. The maximum absolute atomic E-state index is 12.5. The molecule has 0 spiro atoms. The number of aromatic nitrogens is 4. The lowest BCUT2D eigenvalue weighted by atomic mass is 9.94. The van der Waals surface area contributed by atoms with Gasteiger partial charge in [0.25, 0.3) is 5.56 Å². The van der Waals surface area contributed by atoms with E-state index in [4.69, 9.17) is 0 Å². The van der Waals surface area contributed by atoms with Gasteiger partial charge in [-0.05, 0) is 18.9 Å². The summed E-state index contributed by atoms with van der Waals surface area (Å²) in [6.45, 7) is 1.25. The van der Waals surface area contributed by atoms with Crippen LogP contribution in [-0.2, 0) is 18.3 Å². The summed E-state index contributed by atoms with van der Waals surface area (Å²) < 4.78 is 0.975. The number of likely N-dealkylation sites (tertiary alicyclic amines) is 1. The van der Waals surface area contributed by atoms with Crippen LogP contribution in [0.1, 0.15) is 30.0 Å². The van der Waals surface area contributed by atoms with Crippen LogP contribution in [-0.4, -0.2) is 43.4 Å². The molecule has 0 radical (unpaired) electrons. The van der Waals surface area contributed by atoms with Gasteiger partial charge in [0.05, 0.1) is 6.42 Å². The third-order valence-electron chi connectivity index (χ3n) is 4.39. The van der Waals surface area contributed by atoms with Gasteiger partial charge in [-0.15, -0.1) is 0 Å². The molecule has 0 bridgehead atoms. The second-order valence-corrected chi connectivity index (χ2v) is 5.97. The highest BCUT2D eigenvalue weighted by atomic mass is 16.2. The molecule has 24 heavy (non-hydrogen) atoms. The van der Waals surface area contributed by atoms with Crippen LogP contribution in [0, 0.1) is 0 Å². The Morgan fingerprint density at radius 1 is 1.42 bits per heavy atom. The fourth-order valence-corrected chi connectivity index (χ4v) is 3.00. The average Bonchev–Trinajstić information content (AvgIpc) is 2.63. The van der Waals surface area contributed by atoms with Gasteiger partial charge in [0.1, 0.15) is 6.33 Å². The maximum Gasteiger partial charge on any atom is 0.328 e. The number of amides is 1. The fourth-order valence-electron chi connectivity index (χ4n) is 3.00. The summed E-state index contributed by atoms with van der Waals surface area (Å²) in [4.78, 5) is 48.4. The predicted molar refractivity (Wildman–Crippen MR) is 86.6 cm³/mol. The van der Waals surface area contributed by atoms with Gasteiger partial charge in [-0.25, -0.2) is 14.8 Å². The third-order valence-corrected chi connectivity index (χ3v) is 4.39.